The summed E-state index contributed by atoms with van der Waals surface area (Å²) in [6.45, 7) is 4.00. The maximum Gasteiger partial charge on any atom is 0.245 e. The molecule has 0 saturated heterocycles. The van der Waals surface area contributed by atoms with Crippen molar-refractivity contribution in [3.05, 3.63) is 24.3 Å². The van der Waals surface area contributed by atoms with Crippen LogP contribution in [-0.2, 0) is 10.0 Å². The molecule has 1 rings (SSSR count). The summed E-state index contributed by atoms with van der Waals surface area (Å²) < 4.78 is 26.0. The van der Waals surface area contributed by atoms with Crippen molar-refractivity contribution in [1.29, 1.82) is 0 Å². The lowest BCUT2D eigenvalue weighted by molar-refractivity contribution is 0.214. The predicted octanol–water partition coefficient (Wildman–Crippen LogP) is 1.12. The van der Waals surface area contributed by atoms with E-state index in [1.165, 1.54) is 11.4 Å². The van der Waals surface area contributed by atoms with Crippen LogP contribution in [0.3, 0.4) is 0 Å². The number of benzene rings is 1. The Morgan fingerprint density at radius 3 is 2.56 bits per heavy atom. The van der Waals surface area contributed by atoms with Crippen LogP contribution in [0.5, 0.6) is 0 Å². The number of hydrogen-bond acceptors (Lipinski definition) is 4. The molecule has 0 radical (unpaired) electrons. The SMILES string of the molecule is CCNc1ccccc1S(=O)(=O)N(C)C(C)CO. The van der Waals surface area contributed by atoms with Crippen LogP contribution in [0.4, 0.5) is 5.69 Å². The van der Waals surface area contributed by atoms with Gasteiger partial charge in [0.2, 0.25) is 10.0 Å². The molecule has 0 saturated carbocycles. The van der Waals surface area contributed by atoms with Crippen molar-refractivity contribution >= 4 is 15.7 Å². The van der Waals surface area contributed by atoms with Crippen LogP contribution >= 0.6 is 0 Å². The number of hydrogen-bond donors (Lipinski definition) is 2. The van der Waals surface area contributed by atoms with Gasteiger partial charge < -0.3 is 10.4 Å². The Morgan fingerprint density at radius 1 is 1.39 bits per heavy atom. The topological polar surface area (TPSA) is 69.6 Å². The van der Waals surface area contributed by atoms with E-state index in [0.29, 0.717) is 12.2 Å². The molecule has 0 aliphatic carbocycles. The van der Waals surface area contributed by atoms with E-state index in [-0.39, 0.29) is 11.5 Å². The molecule has 1 atom stereocenters. The average molecular weight is 272 g/mol. The maximum atomic E-state index is 12.4. The summed E-state index contributed by atoms with van der Waals surface area (Å²) in [6.07, 6.45) is 0. The van der Waals surface area contributed by atoms with Gasteiger partial charge >= 0.3 is 0 Å². The lowest BCUT2D eigenvalue weighted by Crippen LogP contribution is -2.37. The minimum Gasteiger partial charge on any atom is -0.395 e. The highest BCUT2D eigenvalue weighted by Gasteiger charge is 2.26. The van der Waals surface area contributed by atoms with E-state index >= 15 is 0 Å². The van der Waals surface area contributed by atoms with Crippen LogP contribution in [-0.4, -0.2) is 44.1 Å². The lowest BCUT2D eigenvalue weighted by Gasteiger charge is -2.24. The fourth-order valence-corrected chi connectivity index (χ4v) is 3.05. The van der Waals surface area contributed by atoms with Gasteiger partial charge in [0, 0.05) is 19.6 Å². The van der Waals surface area contributed by atoms with Gasteiger partial charge in [-0.15, -0.1) is 0 Å². The van der Waals surface area contributed by atoms with Gasteiger partial charge in [-0.05, 0) is 26.0 Å². The van der Waals surface area contributed by atoms with Crippen LogP contribution in [0.2, 0.25) is 0 Å². The van der Waals surface area contributed by atoms with Crippen molar-refractivity contribution in [2.24, 2.45) is 0 Å². The van der Waals surface area contributed by atoms with Crippen molar-refractivity contribution in [1.82, 2.24) is 4.31 Å². The van der Waals surface area contributed by atoms with Gasteiger partial charge in [-0.2, -0.15) is 4.31 Å². The summed E-state index contributed by atoms with van der Waals surface area (Å²) in [5, 5.41) is 12.1. The molecule has 2 N–H and O–H groups in total. The van der Waals surface area contributed by atoms with Gasteiger partial charge in [-0.1, -0.05) is 12.1 Å². The molecule has 0 spiro atoms. The van der Waals surface area contributed by atoms with Crippen molar-refractivity contribution in [2.45, 2.75) is 24.8 Å². The Kier molecular flexibility index (Phi) is 5.13. The van der Waals surface area contributed by atoms with E-state index < -0.39 is 16.1 Å². The number of nitrogens with one attached hydrogen (secondary N) is 1. The molecule has 5 nitrogen and oxygen atoms in total. The van der Waals surface area contributed by atoms with Crippen molar-refractivity contribution in [3.63, 3.8) is 0 Å². The molecular formula is C12H20N2O3S. The van der Waals surface area contributed by atoms with Crippen molar-refractivity contribution in [3.8, 4) is 0 Å². The predicted molar refractivity (Wildman–Crippen MR) is 72.1 cm³/mol. The number of sulfonamides is 1. The highest BCUT2D eigenvalue weighted by Crippen LogP contribution is 2.24. The summed E-state index contributed by atoms with van der Waals surface area (Å²) in [5.74, 6) is 0. The fraction of sp³-hybridized carbons (Fsp3) is 0.500. The van der Waals surface area contributed by atoms with E-state index in [9.17, 15) is 8.42 Å². The van der Waals surface area contributed by atoms with Gasteiger partial charge in [0.05, 0.1) is 12.3 Å². The van der Waals surface area contributed by atoms with Crippen molar-refractivity contribution < 1.29 is 13.5 Å². The molecule has 0 amide bonds. The monoisotopic (exact) mass is 272 g/mol. The molecular weight excluding hydrogens is 252 g/mol. The van der Waals surface area contributed by atoms with E-state index in [1.54, 1.807) is 31.2 Å². The molecule has 1 aromatic carbocycles. The minimum absolute atomic E-state index is 0.209. The summed E-state index contributed by atoms with van der Waals surface area (Å²) in [5.41, 5.74) is 0.581. The molecule has 0 aliphatic heterocycles. The summed E-state index contributed by atoms with van der Waals surface area (Å²) in [4.78, 5) is 0.231. The number of nitrogens with zero attached hydrogens (tertiary/aromatic N) is 1. The second kappa shape index (κ2) is 6.17. The molecule has 0 bridgehead atoms. The Bertz CT molecular complexity index is 488. The van der Waals surface area contributed by atoms with Gasteiger partial charge in [-0.3, -0.25) is 0 Å². The van der Waals surface area contributed by atoms with Gasteiger partial charge in [0.1, 0.15) is 4.90 Å². The number of aliphatic hydroxyl groups excluding tert-OH is 1. The second-order valence-electron chi connectivity index (χ2n) is 4.08. The number of para-hydroxylation sites is 1. The molecule has 102 valence electrons. The summed E-state index contributed by atoms with van der Waals surface area (Å²) in [6, 6.07) is 6.31. The third-order valence-electron chi connectivity index (χ3n) is 2.80. The Balaban J connectivity index is 3.20. The number of aliphatic hydroxyl groups is 1. The van der Waals surface area contributed by atoms with Crippen molar-refractivity contribution in [2.75, 3.05) is 25.5 Å². The number of anilines is 1. The van der Waals surface area contributed by atoms with Gasteiger partial charge in [-0.25, -0.2) is 8.42 Å². The number of rotatable bonds is 6. The smallest absolute Gasteiger partial charge is 0.245 e. The molecule has 6 heteroatoms. The van der Waals surface area contributed by atoms with Gasteiger partial charge in [0.15, 0.2) is 0 Å². The van der Waals surface area contributed by atoms with E-state index in [4.69, 9.17) is 5.11 Å². The highest BCUT2D eigenvalue weighted by molar-refractivity contribution is 7.89. The first kappa shape index (κ1) is 14.9. The lowest BCUT2D eigenvalue weighted by atomic mass is 10.3. The van der Waals surface area contributed by atoms with Gasteiger partial charge in [0.25, 0.3) is 0 Å². The molecule has 0 aliphatic rings. The summed E-state index contributed by atoms with van der Waals surface area (Å²) >= 11 is 0. The molecule has 1 unspecified atom stereocenters. The first-order chi connectivity index (χ1) is 8.45. The Hall–Kier alpha value is -1.11. The molecule has 0 aromatic heterocycles. The minimum atomic E-state index is -3.59. The highest BCUT2D eigenvalue weighted by atomic mass is 32.2. The third-order valence-corrected chi connectivity index (χ3v) is 4.83. The van der Waals surface area contributed by atoms with E-state index in [2.05, 4.69) is 5.32 Å². The Labute approximate surface area is 108 Å². The zero-order chi connectivity index (χ0) is 13.8. The molecule has 0 fully saturated rings. The zero-order valence-corrected chi connectivity index (χ0v) is 11.7. The maximum absolute atomic E-state index is 12.4. The largest absolute Gasteiger partial charge is 0.395 e. The normalized spacial score (nSPS) is 13.6. The first-order valence-corrected chi connectivity index (χ1v) is 7.31. The van der Waals surface area contributed by atoms with E-state index in [0.717, 1.165) is 0 Å². The van der Waals surface area contributed by atoms with Crippen LogP contribution in [0, 0.1) is 0 Å². The summed E-state index contributed by atoms with van der Waals surface area (Å²) in [7, 11) is -2.12. The zero-order valence-electron chi connectivity index (χ0n) is 10.9. The first-order valence-electron chi connectivity index (χ1n) is 5.87. The number of likely N-dealkylation sites (N-methyl/N-ethyl adjacent to an activating group) is 1. The molecule has 18 heavy (non-hydrogen) atoms. The van der Waals surface area contributed by atoms with Crippen LogP contribution in [0.25, 0.3) is 0 Å². The quantitative estimate of drug-likeness (QED) is 0.814. The standard InChI is InChI=1S/C12H20N2O3S/c1-4-13-11-7-5-6-8-12(11)18(16,17)14(3)10(2)9-15/h5-8,10,13,15H,4,9H2,1-3H3. The average Bonchev–Trinajstić information content (AvgIpc) is 2.37. The molecule has 1 aromatic rings. The van der Waals surface area contributed by atoms with Crippen LogP contribution in [0.1, 0.15) is 13.8 Å². The van der Waals surface area contributed by atoms with Crippen LogP contribution in [0.15, 0.2) is 29.2 Å². The second-order valence-corrected chi connectivity index (χ2v) is 6.05. The van der Waals surface area contributed by atoms with Crippen LogP contribution < -0.4 is 5.32 Å². The molecule has 0 heterocycles. The third kappa shape index (κ3) is 3.01. The fourth-order valence-electron chi connectivity index (χ4n) is 1.54. The Morgan fingerprint density at radius 2 is 2.00 bits per heavy atom. The van der Waals surface area contributed by atoms with E-state index in [1.807, 2.05) is 6.92 Å².